The minimum atomic E-state index is 0.730. The lowest BCUT2D eigenvalue weighted by Crippen LogP contribution is -1.97. The molecule has 9 nitrogen and oxygen atoms in total. The van der Waals surface area contributed by atoms with Crippen molar-refractivity contribution in [2.75, 3.05) is 0 Å². The van der Waals surface area contributed by atoms with Crippen molar-refractivity contribution in [3.63, 3.8) is 0 Å². The maximum atomic E-state index is 6.20. The van der Waals surface area contributed by atoms with Crippen LogP contribution in [-0.4, -0.2) is 39.0 Å². The van der Waals surface area contributed by atoms with Crippen LogP contribution >= 0.6 is 34.0 Å². The van der Waals surface area contributed by atoms with Crippen LogP contribution in [0.4, 0.5) is 0 Å². The Labute approximate surface area is 770 Å². The van der Waals surface area contributed by atoms with Crippen molar-refractivity contribution in [1.82, 2.24) is 39.0 Å². The Bertz CT molecular complexity index is 9090. The normalized spacial score (nSPS) is 11.6. The third-order valence-corrected chi connectivity index (χ3v) is 28.6. The van der Waals surface area contributed by atoms with Crippen molar-refractivity contribution < 1.29 is 4.42 Å². The highest BCUT2D eigenvalue weighted by Crippen LogP contribution is 2.47. The van der Waals surface area contributed by atoms with Crippen LogP contribution in [0, 0.1) is 0 Å². The number of furan rings is 1. The first-order valence-electron chi connectivity index (χ1n) is 44.2. The molecular weight excluding hydrogens is 1670 g/mol. The molecule has 0 atom stereocenters. The van der Waals surface area contributed by atoms with Crippen molar-refractivity contribution >= 4 is 160 Å². The average Bonchev–Trinajstić information content (AvgIpc) is 1.59. The lowest BCUT2D eigenvalue weighted by atomic mass is 10.0. The van der Waals surface area contributed by atoms with E-state index < -0.39 is 0 Å². The molecule has 9 aromatic heterocycles. The fourth-order valence-corrected chi connectivity index (χ4v) is 22.3. The van der Waals surface area contributed by atoms with Crippen LogP contribution in [0.15, 0.2) is 453 Å². The third-order valence-electron chi connectivity index (χ3n) is 25.2. The zero-order chi connectivity index (χ0) is 87.1. The summed E-state index contributed by atoms with van der Waals surface area (Å²) < 4.78 is 16.7. The van der Waals surface area contributed by atoms with E-state index in [9.17, 15) is 0 Å². The maximum Gasteiger partial charge on any atom is 0.161 e. The molecule has 0 fully saturated rings. The molecule has 27 aromatic rings. The second-order valence-corrected chi connectivity index (χ2v) is 36.2. The molecule has 0 aliphatic carbocycles. The van der Waals surface area contributed by atoms with Gasteiger partial charge in [0, 0.05) is 113 Å². The molecule has 0 aliphatic heterocycles. The first kappa shape index (κ1) is 77.6. The van der Waals surface area contributed by atoms with Gasteiger partial charge < -0.3 is 13.6 Å². The van der Waals surface area contributed by atoms with Gasteiger partial charge in [0.25, 0.3) is 0 Å². The van der Waals surface area contributed by atoms with Gasteiger partial charge in [-0.15, -0.1) is 34.0 Å². The van der Waals surface area contributed by atoms with Gasteiger partial charge in [0.2, 0.25) is 0 Å². The molecule has 0 N–H and O–H groups in total. The summed E-state index contributed by atoms with van der Waals surface area (Å²) >= 11 is 5.25. The average molecular weight is 1740 g/mol. The van der Waals surface area contributed by atoms with Crippen molar-refractivity contribution in [3.05, 3.63) is 449 Å². The van der Waals surface area contributed by atoms with Gasteiger partial charge in [-0.2, -0.15) is 0 Å². The first-order chi connectivity index (χ1) is 65.4. The fraction of sp³-hybridized carbons (Fsp3) is 0. The van der Waals surface area contributed by atoms with E-state index >= 15 is 0 Å². The highest BCUT2D eigenvalue weighted by atomic mass is 32.1. The molecule has 132 heavy (non-hydrogen) atoms. The predicted octanol–water partition coefficient (Wildman–Crippen LogP) is 33.3. The van der Waals surface area contributed by atoms with Crippen molar-refractivity contribution in [2.24, 2.45) is 0 Å². The molecule has 0 saturated heterocycles. The molecule has 18 aromatic carbocycles. The fourth-order valence-electron chi connectivity index (χ4n) is 18.8. The minimum absolute atomic E-state index is 0.730. The summed E-state index contributed by atoms with van der Waals surface area (Å²) in [6.07, 6.45) is 0. The van der Waals surface area contributed by atoms with E-state index in [0.29, 0.717) is 0 Å². The van der Waals surface area contributed by atoms with Crippen LogP contribution in [0.5, 0.6) is 0 Å². The molecule has 618 valence electrons. The quantitative estimate of drug-likeness (QED) is 0.120. The van der Waals surface area contributed by atoms with Gasteiger partial charge in [0.15, 0.2) is 17.5 Å². The molecular formula is C120H74N8OS3. The lowest BCUT2D eigenvalue weighted by molar-refractivity contribution is 0.669. The highest BCUT2D eigenvalue weighted by Gasteiger charge is 2.24. The minimum Gasteiger partial charge on any atom is -0.456 e. The number of para-hydroxylation sites is 4. The monoisotopic (exact) mass is 1740 g/mol. The SMILES string of the molecule is c1ccc(-c2ccc(-c3nc(-c4ccc(-n5c6ccccc6c6ccccc65)cc4)nc4sc5ccccc5c34)cc2)cc1.c1ccc(-c2ccc3c(c2)c2ccccc2n3-c2cccc(-c3nc(-c4ccccc4)c4sc5ccccc5c4n3)c2)cc1.c1ccc(-c2cccc(-c3nc(-c4ccccc4)nc4c3sc3cc(-c5ccc6c(c5)oc5ccccc56)ccc34)c2)cc1. The largest absolute Gasteiger partial charge is 0.456 e. The Morgan fingerprint density at radius 3 is 1.22 bits per heavy atom. The van der Waals surface area contributed by atoms with Gasteiger partial charge in [0.05, 0.1) is 59.6 Å². The van der Waals surface area contributed by atoms with Gasteiger partial charge in [-0.3, -0.25) is 0 Å². The smallest absolute Gasteiger partial charge is 0.161 e. The van der Waals surface area contributed by atoms with Gasteiger partial charge >= 0.3 is 0 Å². The number of hydrogen-bond donors (Lipinski definition) is 0. The Balaban J connectivity index is 0.000000106. The Morgan fingerprint density at radius 1 is 0.189 bits per heavy atom. The van der Waals surface area contributed by atoms with Crippen LogP contribution in [0.2, 0.25) is 0 Å². The van der Waals surface area contributed by atoms with Crippen LogP contribution in [0.1, 0.15) is 0 Å². The topological polar surface area (TPSA) is 100 Å². The number of benzene rings is 18. The summed E-state index contributed by atoms with van der Waals surface area (Å²) in [5, 5.41) is 11.9. The molecule has 0 bridgehead atoms. The van der Waals surface area contributed by atoms with E-state index in [1.807, 2.05) is 48.5 Å². The second-order valence-electron chi connectivity index (χ2n) is 33.1. The van der Waals surface area contributed by atoms with E-state index in [2.05, 4.69) is 410 Å². The van der Waals surface area contributed by atoms with E-state index in [1.54, 1.807) is 34.0 Å². The number of aromatic nitrogens is 8. The predicted molar refractivity (Wildman–Crippen MR) is 555 cm³/mol. The van der Waals surface area contributed by atoms with Gasteiger partial charge in [-0.1, -0.05) is 340 Å². The number of nitrogens with zero attached hydrogens (tertiary/aromatic N) is 8. The molecule has 0 radical (unpaired) electrons. The Hall–Kier alpha value is -16.7. The lowest BCUT2D eigenvalue weighted by Gasteiger charge is -2.11. The van der Waals surface area contributed by atoms with E-state index in [4.69, 9.17) is 34.3 Å². The van der Waals surface area contributed by atoms with Crippen LogP contribution in [-0.2, 0) is 0 Å². The van der Waals surface area contributed by atoms with Gasteiger partial charge in [-0.05, 0) is 154 Å². The van der Waals surface area contributed by atoms with Crippen LogP contribution < -0.4 is 0 Å². The van der Waals surface area contributed by atoms with Crippen LogP contribution in [0.3, 0.4) is 0 Å². The Kier molecular flexibility index (Phi) is 19.3. The van der Waals surface area contributed by atoms with Gasteiger partial charge in [0.1, 0.15) is 16.0 Å². The number of fused-ring (bicyclic) bond motifs is 18. The maximum absolute atomic E-state index is 6.20. The summed E-state index contributed by atoms with van der Waals surface area (Å²) in [5.74, 6) is 2.20. The van der Waals surface area contributed by atoms with Gasteiger partial charge in [-0.25, -0.2) is 29.9 Å². The molecule has 0 aliphatic rings. The first-order valence-corrected chi connectivity index (χ1v) is 46.6. The molecule has 9 heterocycles. The molecule has 27 rings (SSSR count). The number of rotatable bonds is 12. The van der Waals surface area contributed by atoms with Crippen molar-refractivity contribution in [1.29, 1.82) is 0 Å². The Morgan fingerprint density at radius 2 is 0.568 bits per heavy atom. The number of thiophene rings is 3. The summed E-state index contributed by atoms with van der Waals surface area (Å²) in [4.78, 5) is 32.1. The zero-order valence-electron chi connectivity index (χ0n) is 70.9. The third kappa shape index (κ3) is 13.9. The zero-order valence-corrected chi connectivity index (χ0v) is 73.4. The highest BCUT2D eigenvalue weighted by molar-refractivity contribution is 7.27. The van der Waals surface area contributed by atoms with E-state index in [0.717, 1.165) is 148 Å². The summed E-state index contributed by atoms with van der Waals surface area (Å²) in [5.41, 5.74) is 29.4. The van der Waals surface area contributed by atoms with E-state index in [1.165, 1.54) is 102 Å². The van der Waals surface area contributed by atoms with Crippen molar-refractivity contribution in [2.45, 2.75) is 0 Å². The molecule has 0 saturated carbocycles. The molecule has 12 heteroatoms. The molecule has 0 amide bonds. The van der Waals surface area contributed by atoms with Crippen LogP contribution in [0.25, 0.3) is 250 Å². The van der Waals surface area contributed by atoms with Crippen molar-refractivity contribution in [3.8, 4) is 124 Å². The second kappa shape index (κ2) is 32.8. The standard InChI is InChI=1S/2C40H25N3S.C40H24N2OS/c1-3-12-26(13-4-1)28-22-23-35-33(25-28)31-18-7-9-20-34(31)43(35)30-17-11-16-29(24-30)40-41-37(27-14-5-2-6-15-27)39-38(42-40)32-19-8-10-21-36(32)44-39;1-2-10-26(11-3-1)27-18-20-28(21-19-27)38-37-33-14-6-9-17-36(33)44-40(37)42-39(41-38)29-22-24-30(25-23-29)43-34-15-7-4-12-31(34)32-13-5-8-16-35(32)43;1-3-10-25(11-4-1)27-14-9-15-30(22-27)37-39-38(42-40(41-37)26-12-5-2-6-13-26)33-21-19-29(24-36(33)44-39)28-18-20-32-31-16-7-8-17-34(31)43-35(32)23-28/h2*1-25H;1-24H. The summed E-state index contributed by atoms with van der Waals surface area (Å²) in [6.45, 7) is 0. The summed E-state index contributed by atoms with van der Waals surface area (Å²) in [7, 11) is 0. The summed E-state index contributed by atoms with van der Waals surface area (Å²) in [6, 6.07) is 158. The number of hydrogen-bond acceptors (Lipinski definition) is 10. The molecule has 0 unspecified atom stereocenters. The van der Waals surface area contributed by atoms with E-state index in [-0.39, 0.29) is 0 Å². The molecule has 0 spiro atoms.